The number of pyridine rings is 1. The zero-order valence-corrected chi connectivity index (χ0v) is 13.4. The number of hydrogen-bond acceptors (Lipinski definition) is 3. The Hall–Kier alpha value is -1.58. The van der Waals surface area contributed by atoms with Crippen molar-refractivity contribution in [3.8, 4) is 0 Å². The summed E-state index contributed by atoms with van der Waals surface area (Å²) in [7, 11) is 0. The molecule has 116 valence electrons. The van der Waals surface area contributed by atoms with E-state index in [4.69, 9.17) is 5.73 Å². The van der Waals surface area contributed by atoms with Crippen LogP contribution in [0, 0.1) is 6.92 Å². The molecule has 0 aliphatic carbocycles. The average Bonchev–Trinajstić information content (AvgIpc) is 2.77. The smallest absolute Gasteiger partial charge is 0.202 e. The van der Waals surface area contributed by atoms with E-state index in [2.05, 4.69) is 21.5 Å². The normalized spacial score (nSPS) is 11.3. The van der Waals surface area contributed by atoms with Gasteiger partial charge in [0.1, 0.15) is 5.52 Å². The first-order chi connectivity index (χ1) is 10.2. The van der Waals surface area contributed by atoms with Gasteiger partial charge in [-0.2, -0.15) is 0 Å². The van der Waals surface area contributed by atoms with Gasteiger partial charge in [-0.25, -0.2) is 9.97 Å². The molecule has 0 unspecified atom stereocenters. The van der Waals surface area contributed by atoms with Crippen LogP contribution in [0.15, 0.2) is 12.1 Å². The molecule has 4 heteroatoms. The number of nitrogen functional groups attached to an aromatic ring is 1. The number of nitrogens with zero attached hydrogens (tertiary/aromatic N) is 3. The molecule has 21 heavy (non-hydrogen) atoms. The summed E-state index contributed by atoms with van der Waals surface area (Å²) in [5.74, 6) is 0.589. The van der Waals surface area contributed by atoms with Crippen molar-refractivity contribution in [2.24, 2.45) is 0 Å². The third kappa shape index (κ3) is 4.45. The maximum atomic E-state index is 6.01. The van der Waals surface area contributed by atoms with Gasteiger partial charge >= 0.3 is 0 Å². The van der Waals surface area contributed by atoms with Gasteiger partial charge in [0.2, 0.25) is 5.95 Å². The zero-order chi connectivity index (χ0) is 15.1. The van der Waals surface area contributed by atoms with Gasteiger partial charge in [-0.05, 0) is 25.5 Å². The summed E-state index contributed by atoms with van der Waals surface area (Å²) >= 11 is 0. The largest absolute Gasteiger partial charge is 0.369 e. The summed E-state index contributed by atoms with van der Waals surface area (Å²) in [5, 5.41) is 0. The Morgan fingerprint density at radius 3 is 2.33 bits per heavy atom. The van der Waals surface area contributed by atoms with Crippen LogP contribution in [0.1, 0.15) is 64.0 Å². The van der Waals surface area contributed by atoms with Gasteiger partial charge in [0.15, 0.2) is 5.65 Å². The third-order valence-corrected chi connectivity index (χ3v) is 4.00. The fraction of sp³-hybridized carbons (Fsp3) is 0.647. The maximum Gasteiger partial charge on any atom is 0.202 e. The number of rotatable bonds is 9. The lowest BCUT2D eigenvalue weighted by Gasteiger charge is -2.06. The highest BCUT2D eigenvalue weighted by molar-refractivity contribution is 5.74. The second-order valence-corrected chi connectivity index (χ2v) is 5.89. The lowest BCUT2D eigenvalue weighted by molar-refractivity contribution is 0.549. The number of fused-ring (bicyclic) bond motifs is 1. The van der Waals surface area contributed by atoms with Crippen molar-refractivity contribution in [3.05, 3.63) is 17.8 Å². The highest BCUT2D eigenvalue weighted by atomic mass is 15.2. The summed E-state index contributed by atoms with van der Waals surface area (Å²) < 4.78 is 2.05. The Kier molecular flexibility index (Phi) is 6.03. The standard InChI is InChI=1S/C17H28N4/c1-3-4-5-6-7-8-9-10-13-21-16-15(20-17(21)18)12-11-14(2)19-16/h11-12H,3-10,13H2,1-2H3,(H2,18,20). The lowest BCUT2D eigenvalue weighted by Crippen LogP contribution is -2.04. The van der Waals surface area contributed by atoms with Crippen LogP contribution in [0.25, 0.3) is 11.2 Å². The molecule has 2 heterocycles. The van der Waals surface area contributed by atoms with Gasteiger partial charge in [0.05, 0.1) is 0 Å². The van der Waals surface area contributed by atoms with Crippen molar-refractivity contribution >= 4 is 17.1 Å². The fourth-order valence-electron chi connectivity index (χ4n) is 2.74. The average molecular weight is 288 g/mol. The minimum atomic E-state index is 0.589. The summed E-state index contributed by atoms with van der Waals surface area (Å²) in [5.41, 5.74) is 8.85. The van der Waals surface area contributed by atoms with E-state index in [1.165, 1.54) is 44.9 Å². The summed E-state index contributed by atoms with van der Waals surface area (Å²) in [4.78, 5) is 8.95. The van der Waals surface area contributed by atoms with E-state index in [0.29, 0.717) is 5.95 Å². The second-order valence-electron chi connectivity index (χ2n) is 5.89. The van der Waals surface area contributed by atoms with Gasteiger partial charge in [0, 0.05) is 12.2 Å². The van der Waals surface area contributed by atoms with Crippen molar-refractivity contribution in [1.29, 1.82) is 0 Å². The molecule has 2 rings (SSSR count). The SMILES string of the molecule is CCCCCCCCCCn1c(N)nc2ccc(C)nc21. The lowest BCUT2D eigenvalue weighted by atomic mass is 10.1. The van der Waals surface area contributed by atoms with Crippen molar-refractivity contribution in [2.45, 2.75) is 71.8 Å². The van der Waals surface area contributed by atoms with Crippen LogP contribution in [0.2, 0.25) is 0 Å². The Morgan fingerprint density at radius 1 is 0.952 bits per heavy atom. The first-order valence-corrected chi connectivity index (χ1v) is 8.31. The Bertz CT molecular complexity index is 559. The molecule has 0 atom stereocenters. The number of hydrogen-bond donors (Lipinski definition) is 1. The molecule has 0 fully saturated rings. The molecule has 0 saturated heterocycles. The number of aryl methyl sites for hydroxylation is 2. The first kappa shape index (κ1) is 15.8. The van der Waals surface area contributed by atoms with Crippen molar-refractivity contribution in [3.63, 3.8) is 0 Å². The molecular weight excluding hydrogens is 260 g/mol. The number of unbranched alkanes of at least 4 members (excludes halogenated alkanes) is 7. The highest BCUT2D eigenvalue weighted by Crippen LogP contribution is 2.18. The van der Waals surface area contributed by atoms with E-state index in [-0.39, 0.29) is 0 Å². The third-order valence-electron chi connectivity index (χ3n) is 4.00. The van der Waals surface area contributed by atoms with E-state index in [9.17, 15) is 0 Å². The summed E-state index contributed by atoms with van der Waals surface area (Å²) in [6.07, 6.45) is 10.6. The van der Waals surface area contributed by atoms with Gasteiger partial charge in [-0.1, -0.05) is 51.9 Å². The maximum absolute atomic E-state index is 6.01. The van der Waals surface area contributed by atoms with Crippen LogP contribution < -0.4 is 5.73 Å². The van der Waals surface area contributed by atoms with Gasteiger partial charge < -0.3 is 5.73 Å². The number of imidazole rings is 1. The van der Waals surface area contributed by atoms with Gasteiger partial charge in [-0.3, -0.25) is 4.57 Å². The summed E-state index contributed by atoms with van der Waals surface area (Å²) in [6.45, 7) is 5.19. The van der Waals surface area contributed by atoms with Crippen molar-refractivity contribution in [1.82, 2.24) is 14.5 Å². The molecule has 0 saturated carbocycles. The topological polar surface area (TPSA) is 56.7 Å². The van der Waals surface area contributed by atoms with E-state index >= 15 is 0 Å². The van der Waals surface area contributed by atoms with E-state index in [0.717, 1.165) is 29.8 Å². The molecule has 0 radical (unpaired) electrons. The minimum absolute atomic E-state index is 0.589. The molecule has 0 aromatic carbocycles. The molecule has 0 amide bonds. The molecule has 0 aliphatic rings. The fourth-order valence-corrected chi connectivity index (χ4v) is 2.74. The van der Waals surface area contributed by atoms with Crippen molar-refractivity contribution in [2.75, 3.05) is 5.73 Å². The molecule has 0 aliphatic heterocycles. The summed E-state index contributed by atoms with van der Waals surface area (Å²) in [6, 6.07) is 3.98. The zero-order valence-electron chi connectivity index (χ0n) is 13.4. The Morgan fingerprint density at radius 2 is 1.62 bits per heavy atom. The van der Waals surface area contributed by atoms with Crippen LogP contribution in [-0.2, 0) is 6.54 Å². The monoisotopic (exact) mass is 288 g/mol. The molecule has 2 N–H and O–H groups in total. The van der Waals surface area contributed by atoms with Crippen LogP contribution >= 0.6 is 0 Å². The molecular formula is C17H28N4. The minimum Gasteiger partial charge on any atom is -0.369 e. The van der Waals surface area contributed by atoms with Crippen LogP contribution in [0.3, 0.4) is 0 Å². The van der Waals surface area contributed by atoms with E-state index < -0.39 is 0 Å². The molecule has 2 aromatic heterocycles. The van der Waals surface area contributed by atoms with Gasteiger partial charge in [-0.15, -0.1) is 0 Å². The molecule has 4 nitrogen and oxygen atoms in total. The number of anilines is 1. The molecule has 0 spiro atoms. The van der Waals surface area contributed by atoms with Crippen LogP contribution in [0.4, 0.5) is 5.95 Å². The predicted octanol–water partition coefficient (Wildman–Crippen LogP) is 4.46. The Balaban J connectivity index is 1.78. The van der Waals surface area contributed by atoms with Crippen LogP contribution in [0.5, 0.6) is 0 Å². The first-order valence-electron chi connectivity index (χ1n) is 8.31. The number of nitrogens with two attached hydrogens (primary N) is 1. The van der Waals surface area contributed by atoms with Crippen LogP contribution in [-0.4, -0.2) is 14.5 Å². The van der Waals surface area contributed by atoms with E-state index in [1.807, 2.05) is 19.1 Å². The molecule has 0 bridgehead atoms. The predicted molar refractivity (Wildman–Crippen MR) is 89.3 cm³/mol. The highest BCUT2D eigenvalue weighted by Gasteiger charge is 2.08. The second kappa shape index (κ2) is 8.01. The number of aromatic nitrogens is 3. The van der Waals surface area contributed by atoms with Crippen molar-refractivity contribution < 1.29 is 0 Å². The van der Waals surface area contributed by atoms with Gasteiger partial charge in [0.25, 0.3) is 0 Å². The quantitative estimate of drug-likeness (QED) is 0.693. The Labute approximate surface area is 127 Å². The van der Waals surface area contributed by atoms with E-state index in [1.54, 1.807) is 0 Å². The molecule has 2 aromatic rings.